The minimum absolute atomic E-state index is 0.176. The van der Waals surface area contributed by atoms with Crippen LogP contribution in [-0.4, -0.2) is 40.1 Å². The first-order valence-electron chi connectivity index (χ1n) is 5.48. The van der Waals surface area contributed by atoms with E-state index in [4.69, 9.17) is 4.52 Å². The van der Waals surface area contributed by atoms with Gasteiger partial charge in [-0.25, -0.2) is 0 Å². The Morgan fingerprint density at radius 1 is 1.69 bits per heavy atom. The van der Waals surface area contributed by atoms with Crippen LogP contribution in [0.5, 0.6) is 0 Å². The molecule has 0 radical (unpaired) electrons. The van der Waals surface area contributed by atoms with E-state index in [2.05, 4.69) is 44.9 Å². The van der Waals surface area contributed by atoms with E-state index in [-0.39, 0.29) is 4.83 Å². The third-order valence-electron chi connectivity index (χ3n) is 2.78. The molecule has 6 heteroatoms. The Hall–Kier alpha value is -0.0700. The maximum atomic E-state index is 5.27. The number of alkyl halides is 1. The van der Waals surface area contributed by atoms with Gasteiger partial charge in [-0.2, -0.15) is 16.7 Å². The first-order chi connectivity index (χ1) is 7.72. The number of hydrogen-bond donors (Lipinski definition) is 0. The average molecular weight is 306 g/mol. The molecule has 16 heavy (non-hydrogen) atoms. The highest BCUT2D eigenvalue weighted by Crippen LogP contribution is 2.29. The van der Waals surface area contributed by atoms with E-state index in [0.717, 1.165) is 24.5 Å². The number of nitrogens with zero attached hydrogens (tertiary/aromatic N) is 3. The lowest BCUT2D eigenvalue weighted by atomic mass is 10.2. The minimum atomic E-state index is 0.176. The summed E-state index contributed by atoms with van der Waals surface area (Å²) >= 11 is 5.47. The fourth-order valence-electron chi connectivity index (χ4n) is 1.64. The summed E-state index contributed by atoms with van der Waals surface area (Å²) in [5.74, 6) is 3.76. The first kappa shape index (κ1) is 12.4. The Labute approximate surface area is 108 Å². The molecule has 2 unspecified atom stereocenters. The molecule has 2 rings (SSSR count). The van der Waals surface area contributed by atoms with Gasteiger partial charge in [-0.1, -0.05) is 28.0 Å². The van der Waals surface area contributed by atoms with E-state index >= 15 is 0 Å². The van der Waals surface area contributed by atoms with Gasteiger partial charge in [0.2, 0.25) is 5.89 Å². The summed E-state index contributed by atoms with van der Waals surface area (Å²) < 4.78 is 5.27. The lowest BCUT2D eigenvalue weighted by Crippen LogP contribution is -2.33. The van der Waals surface area contributed by atoms with E-state index in [1.54, 1.807) is 0 Å². The maximum absolute atomic E-state index is 5.27. The van der Waals surface area contributed by atoms with Gasteiger partial charge < -0.3 is 4.52 Å². The number of hydrogen-bond acceptors (Lipinski definition) is 5. The van der Waals surface area contributed by atoms with Crippen molar-refractivity contribution in [1.29, 1.82) is 0 Å². The number of rotatable bonds is 3. The van der Waals surface area contributed by atoms with Crippen molar-refractivity contribution >= 4 is 27.7 Å². The smallest absolute Gasteiger partial charge is 0.240 e. The Balaban J connectivity index is 2.11. The molecule has 0 N–H and O–H groups in total. The van der Waals surface area contributed by atoms with Crippen LogP contribution in [0.4, 0.5) is 0 Å². The summed E-state index contributed by atoms with van der Waals surface area (Å²) in [5.41, 5.74) is 0. The van der Waals surface area contributed by atoms with E-state index < -0.39 is 0 Å². The zero-order valence-corrected chi connectivity index (χ0v) is 11.9. The number of thioether (sulfide) groups is 1. The van der Waals surface area contributed by atoms with E-state index in [1.807, 2.05) is 11.8 Å². The summed E-state index contributed by atoms with van der Waals surface area (Å²) in [6.07, 6.45) is 0.955. The largest absolute Gasteiger partial charge is 0.338 e. The van der Waals surface area contributed by atoms with Crippen molar-refractivity contribution in [1.82, 2.24) is 15.0 Å². The minimum Gasteiger partial charge on any atom is -0.338 e. The maximum Gasteiger partial charge on any atom is 0.240 e. The Kier molecular flexibility index (Phi) is 4.27. The molecular weight excluding hydrogens is 290 g/mol. The first-order valence-corrected chi connectivity index (χ1v) is 7.55. The number of halogens is 1. The van der Waals surface area contributed by atoms with Crippen LogP contribution >= 0.6 is 27.7 Å². The van der Waals surface area contributed by atoms with Gasteiger partial charge in [-0.3, -0.25) is 4.90 Å². The van der Waals surface area contributed by atoms with Gasteiger partial charge in [0.1, 0.15) is 0 Å². The van der Waals surface area contributed by atoms with Crippen LogP contribution in [0.15, 0.2) is 4.52 Å². The molecule has 0 amide bonds. The van der Waals surface area contributed by atoms with E-state index in [9.17, 15) is 0 Å². The van der Waals surface area contributed by atoms with Crippen LogP contribution in [0.3, 0.4) is 0 Å². The molecule has 1 saturated heterocycles. The van der Waals surface area contributed by atoms with Gasteiger partial charge >= 0.3 is 0 Å². The Bertz CT molecular complexity index is 347. The summed E-state index contributed by atoms with van der Waals surface area (Å²) in [7, 11) is 2.12. The SMILES string of the molecule is CCC(Br)c1nc(C2CSCCN2C)no1. The average Bonchev–Trinajstić information content (AvgIpc) is 2.78. The standard InChI is InChI=1S/C10H16BrN3OS/c1-3-7(11)10-12-9(13-15-10)8-6-16-5-4-14(8)2/h7-8H,3-6H2,1-2H3. The molecular formula is C10H16BrN3OS. The zero-order chi connectivity index (χ0) is 11.5. The lowest BCUT2D eigenvalue weighted by molar-refractivity contribution is 0.256. The number of aromatic nitrogens is 2. The van der Waals surface area contributed by atoms with Crippen molar-refractivity contribution in [2.45, 2.75) is 24.2 Å². The zero-order valence-electron chi connectivity index (χ0n) is 9.52. The van der Waals surface area contributed by atoms with Crippen molar-refractivity contribution in [2.75, 3.05) is 25.1 Å². The second-order valence-corrected chi connectivity index (χ2v) is 6.19. The van der Waals surface area contributed by atoms with Crippen molar-refractivity contribution in [2.24, 2.45) is 0 Å². The summed E-state index contributed by atoms with van der Waals surface area (Å²) in [4.78, 5) is 6.94. The van der Waals surface area contributed by atoms with E-state index in [0.29, 0.717) is 11.9 Å². The molecule has 0 spiro atoms. The van der Waals surface area contributed by atoms with Gasteiger partial charge in [-0.05, 0) is 13.5 Å². The monoisotopic (exact) mass is 305 g/mol. The molecule has 2 atom stereocenters. The molecule has 0 aromatic carbocycles. The van der Waals surface area contributed by atoms with Crippen molar-refractivity contribution in [3.8, 4) is 0 Å². The van der Waals surface area contributed by atoms with Gasteiger partial charge in [-0.15, -0.1) is 0 Å². The highest BCUT2D eigenvalue weighted by atomic mass is 79.9. The molecule has 90 valence electrons. The molecule has 1 aromatic heterocycles. The van der Waals surface area contributed by atoms with Crippen LogP contribution in [-0.2, 0) is 0 Å². The van der Waals surface area contributed by atoms with Crippen molar-refractivity contribution in [3.63, 3.8) is 0 Å². The van der Waals surface area contributed by atoms with Crippen molar-refractivity contribution < 1.29 is 4.52 Å². The Morgan fingerprint density at radius 2 is 2.50 bits per heavy atom. The summed E-state index contributed by atoms with van der Waals surface area (Å²) in [6, 6.07) is 0.299. The molecule has 1 fully saturated rings. The summed E-state index contributed by atoms with van der Waals surface area (Å²) in [6.45, 7) is 3.18. The molecule has 0 aliphatic carbocycles. The van der Waals surface area contributed by atoms with Gasteiger partial charge in [0.05, 0.1) is 10.9 Å². The fourth-order valence-corrected chi connectivity index (χ4v) is 3.04. The van der Waals surface area contributed by atoms with Gasteiger partial charge in [0, 0.05) is 18.1 Å². The van der Waals surface area contributed by atoms with Crippen LogP contribution in [0, 0.1) is 0 Å². The van der Waals surface area contributed by atoms with E-state index in [1.165, 1.54) is 5.75 Å². The lowest BCUT2D eigenvalue weighted by Gasteiger charge is -2.29. The molecule has 0 bridgehead atoms. The van der Waals surface area contributed by atoms with Gasteiger partial charge in [0.15, 0.2) is 5.82 Å². The Morgan fingerprint density at radius 3 is 3.19 bits per heavy atom. The van der Waals surface area contributed by atoms with Crippen molar-refractivity contribution in [3.05, 3.63) is 11.7 Å². The topological polar surface area (TPSA) is 42.2 Å². The van der Waals surface area contributed by atoms with Crippen LogP contribution in [0.1, 0.15) is 35.9 Å². The predicted molar refractivity (Wildman–Crippen MR) is 69.0 cm³/mol. The fraction of sp³-hybridized carbons (Fsp3) is 0.800. The highest BCUT2D eigenvalue weighted by Gasteiger charge is 2.26. The summed E-state index contributed by atoms with van der Waals surface area (Å²) in [5, 5.41) is 4.09. The molecule has 1 aliphatic rings. The normalized spacial score (nSPS) is 24.6. The highest BCUT2D eigenvalue weighted by molar-refractivity contribution is 9.09. The second-order valence-electron chi connectivity index (χ2n) is 3.94. The third kappa shape index (κ3) is 2.60. The quantitative estimate of drug-likeness (QED) is 0.803. The van der Waals surface area contributed by atoms with Crippen LogP contribution < -0.4 is 0 Å². The molecule has 2 heterocycles. The van der Waals surface area contributed by atoms with Gasteiger partial charge in [0.25, 0.3) is 0 Å². The molecule has 1 aromatic rings. The molecule has 4 nitrogen and oxygen atoms in total. The second kappa shape index (κ2) is 5.51. The molecule has 0 saturated carbocycles. The molecule has 1 aliphatic heterocycles. The van der Waals surface area contributed by atoms with Crippen LogP contribution in [0.2, 0.25) is 0 Å². The third-order valence-corrected chi connectivity index (χ3v) is 4.84. The predicted octanol–water partition coefficient (Wildman–Crippen LogP) is 2.64. The van der Waals surface area contributed by atoms with Crippen LogP contribution in [0.25, 0.3) is 0 Å².